The molecule has 0 radical (unpaired) electrons. The van der Waals surface area contributed by atoms with Gasteiger partial charge in [0, 0.05) is 18.9 Å². The Morgan fingerprint density at radius 1 is 1.10 bits per heavy atom. The lowest BCUT2D eigenvalue weighted by molar-refractivity contribution is -0.182. The number of aryl methyl sites for hydroxylation is 1. The Balaban J connectivity index is 1.76. The number of hydrogen-bond acceptors (Lipinski definition) is 3. The number of aromatic nitrogens is 3. The predicted octanol–water partition coefficient (Wildman–Crippen LogP) is 2.64. The molecule has 1 aliphatic carbocycles. The van der Waals surface area contributed by atoms with E-state index in [2.05, 4.69) is 10.2 Å². The molecule has 1 atom stereocenters. The van der Waals surface area contributed by atoms with Crippen LogP contribution in [-0.4, -0.2) is 27.5 Å². The van der Waals surface area contributed by atoms with Crippen molar-refractivity contribution in [2.45, 2.75) is 57.2 Å². The summed E-state index contributed by atoms with van der Waals surface area (Å²) in [6.07, 6.45) is 0.346. The summed E-state index contributed by atoms with van der Waals surface area (Å²) in [7, 11) is 0. The molecule has 21 heavy (non-hydrogen) atoms. The van der Waals surface area contributed by atoms with Crippen molar-refractivity contribution in [1.82, 2.24) is 14.8 Å². The first-order chi connectivity index (χ1) is 9.99. The number of rotatable bonds is 2. The fourth-order valence-corrected chi connectivity index (χ4v) is 3.57. The van der Waals surface area contributed by atoms with Crippen molar-refractivity contribution in [2.75, 3.05) is 6.54 Å². The Morgan fingerprint density at radius 2 is 1.81 bits per heavy atom. The fourth-order valence-electron chi connectivity index (χ4n) is 3.57. The molecule has 1 aliphatic heterocycles. The van der Waals surface area contributed by atoms with E-state index < -0.39 is 12.1 Å². The minimum atomic E-state index is -4.13. The minimum Gasteiger partial charge on any atom is -0.330 e. The molecule has 118 valence electrons. The van der Waals surface area contributed by atoms with Gasteiger partial charge in [-0.1, -0.05) is 0 Å². The van der Waals surface area contributed by atoms with E-state index in [9.17, 15) is 13.2 Å². The van der Waals surface area contributed by atoms with Crippen molar-refractivity contribution in [3.63, 3.8) is 0 Å². The standard InChI is InChI=1S/C14H21F3N4/c15-14(16,17)11-5-6-12-19-20-13(21(12)8-11)10-3-1-9(7-18)2-4-10/h9-11H,1-8,18H2. The van der Waals surface area contributed by atoms with Crippen molar-refractivity contribution in [3.8, 4) is 0 Å². The van der Waals surface area contributed by atoms with Crippen LogP contribution in [0.1, 0.15) is 49.7 Å². The van der Waals surface area contributed by atoms with Crippen molar-refractivity contribution in [2.24, 2.45) is 17.6 Å². The molecule has 0 aromatic carbocycles. The van der Waals surface area contributed by atoms with Crippen LogP contribution in [-0.2, 0) is 13.0 Å². The zero-order valence-electron chi connectivity index (χ0n) is 11.9. The summed E-state index contributed by atoms with van der Waals surface area (Å²) in [5.41, 5.74) is 5.69. The molecule has 4 nitrogen and oxygen atoms in total. The minimum absolute atomic E-state index is 0.0159. The molecular formula is C14H21F3N4. The van der Waals surface area contributed by atoms with Crippen LogP contribution >= 0.6 is 0 Å². The molecule has 1 unspecified atom stereocenters. The average molecular weight is 302 g/mol. The van der Waals surface area contributed by atoms with Crippen LogP contribution in [0.3, 0.4) is 0 Å². The number of nitrogens with zero attached hydrogens (tertiary/aromatic N) is 3. The van der Waals surface area contributed by atoms with Gasteiger partial charge in [0.1, 0.15) is 11.6 Å². The lowest BCUT2D eigenvalue weighted by Crippen LogP contribution is -2.33. The Hall–Kier alpha value is -1.11. The van der Waals surface area contributed by atoms with Crippen LogP contribution in [0.4, 0.5) is 13.2 Å². The maximum absolute atomic E-state index is 12.9. The van der Waals surface area contributed by atoms with Crippen molar-refractivity contribution in [3.05, 3.63) is 11.6 Å². The topological polar surface area (TPSA) is 56.7 Å². The largest absolute Gasteiger partial charge is 0.393 e. The van der Waals surface area contributed by atoms with E-state index in [4.69, 9.17) is 5.73 Å². The summed E-state index contributed by atoms with van der Waals surface area (Å²) in [5, 5.41) is 8.31. The zero-order chi connectivity index (χ0) is 15.0. The van der Waals surface area contributed by atoms with Crippen LogP contribution in [0.15, 0.2) is 0 Å². The highest BCUT2D eigenvalue weighted by atomic mass is 19.4. The first-order valence-electron chi connectivity index (χ1n) is 7.67. The molecule has 2 N–H and O–H groups in total. The number of fused-ring (bicyclic) bond motifs is 1. The van der Waals surface area contributed by atoms with Gasteiger partial charge in [0.15, 0.2) is 0 Å². The van der Waals surface area contributed by atoms with Crippen LogP contribution < -0.4 is 5.73 Å². The molecule has 3 rings (SSSR count). The van der Waals surface area contributed by atoms with Crippen LogP contribution in [0.25, 0.3) is 0 Å². The van der Waals surface area contributed by atoms with Gasteiger partial charge in [-0.2, -0.15) is 13.2 Å². The zero-order valence-corrected chi connectivity index (χ0v) is 11.9. The van der Waals surface area contributed by atoms with E-state index in [-0.39, 0.29) is 18.9 Å². The van der Waals surface area contributed by atoms with Gasteiger partial charge in [-0.25, -0.2) is 0 Å². The second kappa shape index (κ2) is 5.59. The molecule has 1 aromatic heterocycles. The number of halogens is 3. The van der Waals surface area contributed by atoms with E-state index in [1.807, 2.05) is 0 Å². The maximum atomic E-state index is 12.9. The molecule has 1 fully saturated rings. The molecular weight excluding hydrogens is 281 g/mol. The summed E-state index contributed by atoms with van der Waals surface area (Å²) in [6, 6.07) is 0. The third-order valence-corrected chi connectivity index (χ3v) is 4.98. The molecule has 0 bridgehead atoms. The van der Waals surface area contributed by atoms with E-state index >= 15 is 0 Å². The van der Waals surface area contributed by atoms with Gasteiger partial charge in [0.2, 0.25) is 0 Å². The predicted molar refractivity (Wildman–Crippen MR) is 71.6 cm³/mol. The Morgan fingerprint density at radius 3 is 2.43 bits per heavy atom. The van der Waals surface area contributed by atoms with Gasteiger partial charge in [-0.05, 0) is 44.6 Å². The lowest BCUT2D eigenvalue weighted by Gasteiger charge is -2.30. The van der Waals surface area contributed by atoms with E-state index in [1.54, 1.807) is 4.57 Å². The summed E-state index contributed by atoms with van der Waals surface area (Å²) < 4.78 is 40.6. The van der Waals surface area contributed by atoms with E-state index in [0.717, 1.165) is 31.5 Å². The molecule has 0 amide bonds. The number of nitrogens with two attached hydrogens (primary N) is 1. The van der Waals surface area contributed by atoms with Crippen LogP contribution in [0, 0.1) is 11.8 Å². The Bertz CT molecular complexity index is 489. The highest BCUT2D eigenvalue weighted by molar-refractivity contribution is 5.07. The van der Waals surface area contributed by atoms with Gasteiger partial charge in [0.25, 0.3) is 0 Å². The number of hydrogen-bond donors (Lipinski definition) is 1. The second-order valence-corrected chi connectivity index (χ2v) is 6.32. The highest BCUT2D eigenvalue weighted by Gasteiger charge is 2.42. The Labute approximate surface area is 121 Å². The molecule has 1 saturated carbocycles. The maximum Gasteiger partial charge on any atom is 0.393 e. The quantitative estimate of drug-likeness (QED) is 0.913. The second-order valence-electron chi connectivity index (χ2n) is 6.32. The first-order valence-corrected chi connectivity index (χ1v) is 7.67. The summed E-state index contributed by atoms with van der Waals surface area (Å²) >= 11 is 0. The van der Waals surface area contributed by atoms with Crippen molar-refractivity contribution >= 4 is 0 Å². The third kappa shape index (κ3) is 2.93. The summed E-state index contributed by atoms with van der Waals surface area (Å²) in [6.45, 7) is 0.679. The SMILES string of the molecule is NCC1CCC(c2nnc3n2CC(C(F)(F)F)CC3)CC1. The van der Waals surface area contributed by atoms with Crippen molar-refractivity contribution in [1.29, 1.82) is 0 Å². The van der Waals surface area contributed by atoms with E-state index in [1.165, 1.54) is 0 Å². The fraction of sp³-hybridized carbons (Fsp3) is 0.857. The third-order valence-electron chi connectivity index (χ3n) is 4.98. The molecule has 1 aromatic rings. The summed E-state index contributed by atoms with van der Waals surface area (Å²) in [4.78, 5) is 0. The highest BCUT2D eigenvalue weighted by Crippen LogP contribution is 2.38. The molecule has 2 aliphatic rings. The molecule has 0 saturated heterocycles. The van der Waals surface area contributed by atoms with Gasteiger partial charge >= 0.3 is 6.18 Å². The number of alkyl halides is 3. The van der Waals surface area contributed by atoms with Gasteiger partial charge in [0.05, 0.1) is 5.92 Å². The summed E-state index contributed by atoms with van der Waals surface area (Å²) in [5.74, 6) is 0.995. The van der Waals surface area contributed by atoms with Crippen molar-refractivity contribution < 1.29 is 13.2 Å². The van der Waals surface area contributed by atoms with Gasteiger partial charge in [-0.15, -0.1) is 10.2 Å². The average Bonchev–Trinajstić information content (AvgIpc) is 2.89. The Kier molecular flexibility index (Phi) is 3.94. The lowest BCUT2D eigenvalue weighted by atomic mass is 9.81. The monoisotopic (exact) mass is 302 g/mol. The van der Waals surface area contributed by atoms with Crippen LogP contribution in [0.5, 0.6) is 0 Å². The van der Waals surface area contributed by atoms with Crippen LogP contribution in [0.2, 0.25) is 0 Å². The van der Waals surface area contributed by atoms with E-state index in [0.29, 0.717) is 24.7 Å². The van der Waals surface area contributed by atoms with Gasteiger partial charge in [-0.3, -0.25) is 0 Å². The molecule has 2 heterocycles. The normalized spacial score (nSPS) is 30.2. The molecule has 7 heteroatoms. The first kappa shape index (κ1) is 14.8. The molecule has 0 spiro atoms. The van der Waals surface area contributed by atoms with Gasteiger partial charge < -0.3 is 10.3 Å². The smallest absolute Gasteiger partial charge is 0.330 e.